The Bertz CT molecular complexity index is 1340. The fourth-order valence-electron chi connectivity index (χ4n) is 3.05. The predicted molar refractivity (Wildman–Crippen MR) is 101 cm³/mol. The van der Waals surface area contributed by atoms with Gasteiger partial charge in [-0.15, -0.1) is 0 Å². The lowest BCUT2D eigenvalue weighted by molar-refractivity contribution is 0.0690. The van der Waals surface area contributed by atoms with Gasteiger partial charge in [-0.25, -0.2) is 23.5 Å². The number of halogens is 2. The summed E-state index contributed by atoms with van der Waals surface area (Å²) < 4.78 is 30.5. The van der Waals surface area contributed by atoms with E-state index in [1.807, 2.05) is 0 Å². The van der Waals surface area contributed by atoms with Crippen molar-refractivity contribution in [3.8, 4) is 28.7 Å². The van der Waals surface area contributed by atoms with E-state index in [1.54, 1.807) is 29.9 Å². The van der Waals surface area contributed by atoms with Crippen LogP contribution in [0.2, 0.25) is 0 Å². The average molecular weight is 390 g/mol. The molecular formula is C21H12F2N4O2. The lowest BCUT2D eigenvalue weighted by Gasteiger charge is -2.09. The highest BCUT2D eigenvalue weighted by Gasteiger charge is 2.17. The van der Waals surface area contributed by atoms with Crippen LogP contribution in [0.25, 0.3) is 33.5 Å². The maximum atomic E-state index is 14.8. The Balaban J connectivity index is 1.93. The monoisotopic (exact) mass is 390 g/mol. The maximum Gasteiger partial charge on any atom is 0.354 e. The second-order valence-electron chi connectivity index (χ2n) is 6.39. The Morgan fingerprint density at radius 1 is 1.10 bits per heavy atom. The molecule has 2 aromatic heterocycles. The Labute approximate surface area is 163 Å². The summed E-state index contributed by atoms with van der Waals surface area (Å²) >= 11 is 0. The summed E-state index contributed by atoms with van der Waals surface area (Å²) in [4.78, 5) is 19.7. The van der Waals surface area contributed by atoms with E-state index in [1.165, 1.54) is 30.3 Å². The summed E-state index contributed by atoms with van der Waals surface area (Å²) in [5, 5.41) is 19.0. The van der Waals surface area contributed by atoms with E-state index in [0.717, 1.165) is 11.5 Å². The third-order valence-corrected chi connectivity index (χ3v) is 4.55. The molecule has 0 radical (unpaired) electrons. The molecule has 2 heterocycles. The lowest BCUT2D eigenvalue weighted by Crippen LogP contribution is -2.05. The number of hydrogen-bond acceptors (Lipinski definition) is 4. The fourth-order valence-corrected chi connectivity index (χ4v) is 3.05. The van der Waals surface area contributed by atoms with Crippen LogP contribution in [0.1, 0.15) is 16.1 Å². The van der Waals surface area contributed by atoms with Gasteiger partial charge in [-0.1, -0.05) is 6.07 Å². The first kappa shape index (κ1) is 18.3. The smallest absolute Gasteiger partial charge is 0.354 e. The zero-order valence-electron chi connectivity index (χ0n) is 15.0. The zero-order valence-corrected chi connectivity index (χ0v) is 15.0. The van der Waals surface area contributed by atoms with Crippen LogP contribution in [0.15, 0.2) is 48.7 Å². The topological polar surface area (TPSA) is 91.8 Å². The summed E-state index contributed by atoms with van der Waals surface area (Å²) in [5.74, 6) is -2.84. The molecule has 0 aliphatic heterocycles. The van der Waals surface area contributed by atoms with Crippen molar-refractivity contribution >= 4 is 16.9 Å². The van der Waals surface area contributed by atoms with Crippen LogP contribution in [0.5, 0.6) is 0 Å². The Morgan fingerprint density at radius 3 is 2.59 bits per heavy atom. The van der Waals surface area contributed by atoms with Crippen LogP contribution >= 0.6 is 0 Å². The number of benzene rings is 2. The molecule has 4 rings (SSSR count). The molecular weight excluding hydrogens is 378 g/mol. The van der Waals surface area contributed by atoms with E-state index < -0.39 is 17.6 Å². The van der Waals surface area contributed by atoms with Crippen LogP contribution in [0, 0.1) is 23.0 Å². The number of carbonyl (C=O) groups is 1. The number of rotatable bonds is 3. The minimum Gasteiger partial charge on any atom is -0.477 e. The highest BCUT2D eigenvalue weighted by Crippen LogP contribution is 2.29. The Morgan fingerprint density at radius 2 is 1.90 bits per heavy atom. The molecule has 142 valence electrons. The molecule has 2 aromatic carbocycles. The third-order valence-electron chi connectivity index (χ3n) is 4.55. The minimum absolute atomic E-state index is 0.0298. The largest absolute Gasteiger partial charge is 0.477 e. The van der Waals surface area contributed by atoms with Gasteiger partial charge in [0, 0.05) is 24.2 Å². The molecule has 6 nitrogen and oxygen atoms in total. The van der Waals surface area contributed by atoms with Gasteiger partial charge in [-0.3, -0.25) is 0 Å². The minimum atomic E-state index is -1.33. The van der Waals surface area contributed by atoms with Crippen LogP contribution in [-0.4, -0.2) is 25.6 Å². The average Bonchev–Trinajstić information content (AvgIpc) is 3.06. The van der Waals surface area contributed by atoms with Crippen molar-refractivity contribution in [2.75, 3.05) is 0 Å². The first-order valence-electron chi connectivity index (χ1n) is 8.44. The fraction of sp³-hybridized carbons (Fsp3) is 0.0476. The van der Waals surface area contributed by atoms with Gasteiger partial charge < -0.3 is 9.67 Å². The van der Waals surface area contributed by atoms with E-state index in [-0.39, 0.29) is 33.9 Å². The number of aromatic carboxylic acids is 1. The molecule has 0 spiro atoms. The van der Waals surface area contributed by atoms with Gasteiger partial charge in [0.2, 0.25) is 0 Å². The second kappa shape index (κ2) is 6.80. The van der Waals surface area contributed by atoms with Gasteiger partial charge in [-0.2, -0.15) is 5.26 Å². The van der Waals surface area contributed by atoms with Gasteiger partial charge in [0.15, 0.2) is 11.5 Å². The number of carboxylic acids is 1. The van der Waals surface area contributed by atoms with Crippen molar-refractivity contribution in [3.05, 3.63) is 71.6 Å². The number of nitrogens with zero attached hydrogens (tertiary/aromatic N) is 4. The molecule has 0 bridgehead atoms. The SMILES string of the molecule is Cn1ccc2cc(-c3nc(C(=O)O)cc(-c4ccc(C#N)c(F)c4)n3)c(F)cc21. The van der Waals surface area contributed by atoms with E-state index in [4.69, 9.17) is 5.26 Å². The Hall–Kier alpha value is -4.12. The van der Waals surface area contributed by atoms with E-state index in [2.05, 4.69) is 9.97 Å². The molecule has 0 saturated carbocycles. The van der Waals surface area contributed by atoms with Crippen molar-refractivity contribution in [1.82, 2.24) is 14.5 Å². The van der Waals surface area contributed by atoms with Gasteiger partial charge in [-0.05, 0) is 36.4 Å². The van der Waals surface area contributed by atoms with Gasteiger partial charge in [0.05, 0.1) is 22.3 Å². The summed E-state index contributed by atoms with van der Waals surface area (Å²) in [6.07, 6.45) is 1.77. The number of aryl methyl sites for hydroxylation is 1. The van der Waals surface area contributed by atoms with E-state index in [0.29, 0.717) is 5.52 Å². The van der Waals surface area contributed by atoms with Gasteiger partial charge in [0.1, 0.15) is 17.7 Å². The first-order valence-corrected chi connectivity index (χ1v) is 8.44. The lowest BCUT2D eigenvalue weighted by atomic mass is 10.1. The Kier molecular flexibility index (Phi) is 4.28. The van der Waals surface area contributed by atoms with Gasteiger partial charge >= 0.3 is 5.97 Å². The normalized spacial score (nSPS) is 10.8. The van der Waals surface area contributed by atoms with Crippen molar-refractivity contribution in [1.29, 1.82) is 5.26 Å². The second-order valence-corrected chi connectivity index (χ2v) is 6.39. The summed E-state index contributed by atoms with van der Waals surface area (Å²) in [7, 11) is 1.78. The predicted octanol–water partition coefficient (Wildman–Crippen LogP) is 4.15. The van der Waals surface area contributed by atoms with Crippen LogP contribution < -0.4 is 0 Å². The standard InChI is InChI=1S/C21H12F2N4O2/c1-27-5-4-12-6-14(16(23)8-19(12)27)20-25-17(9-18(26-20)21(28)29)11-2-3-13(10-24)15(22)7-11/h2-9H,1H3,(H,28,29). The molecule has 1 N–H and O–H groups in total. The molecule has 0 aliphatic rings. The van der Waals surface area contributed by atoms with E-state index in [9.17, 15) is 18.7 Å². The number of aromatic nitrogens is 3. The number of fused-ring (bicyclic) bond motifs is 1. The molecule has 0 saturated heterocycles. The highest BCUT2D eigenvalue weighted by molar-refractivity contribution is 5.89. The number of nitriles is 1. The molecule has 4 aromatic rings. The maximum absolute atomic E-state index is 14.8. The molecule has 0 fully saturated rings. The highest BCUT2D eigenvalue weighted by atomic mass is 19.1. The molecule has 29 heavy (non-hydrogen) atoms. The van der Waals surface area contributed by atoms with Crippen LogP contribution in [0.4, 0.5) is 8.78 Å². The van der Waals surface area contributed by atoms with Gasteiger partial charge in [0.25, 0.3) is 0 Å². The van der Waals surface area contributed by atoms with Crippen molar-refractivity contribution in [2.24, 2.45) is 7.05 Å². The molecule has 8 heteroatoms. The molecule has 0 aliphatic carbocycles. The van der Waals surface area contributed by atoms with Crippen molar-refractivity contribution in [3.63, 3.8) is 0 Å². The zero-order chi connectivity index (χ0) is 20.7. The number of carboxylic acid groups (broad SMARTS) is 1. The van der Waals surface area contributed by atoms with Crippen LogP contribution in [0.3, 0.4) is 0 Å². The molecule has 0 atom stereocenters. The summed E-state index contributed by atoms with van der Waals surface area (Å²) in [6.45, 7) is 0. The molecule has 0 amide bonds. The third kappa shape index (κ3) is 3.19. The van der Waals surface area contributed by atoms with E-state index >= 15 is 0 Å². The van der Waals surface area contributed by atoms with Crippen molar-refractivity contribution < 1.29 is 18.7 Å². The van der Waals surface area contributed by atoms with Crippen LogP contribution in [-0.2, 0) is 7.05 Å². The number of hydrogen-bond donors (Lipinski definition) is 1. The summed E-state index contributed by atoms with van der Waals surface area (Å²) in [5.41, 5.74) is 0.527. The molecule has 0 unspecified atom stereocenters. The summed E-state index contributed by atoms with van der Waals surface area (Å²) in [6, 6.07) is 11.3. The van der Waals surface area contributed by atoms with Crippen molar-refractivity contribution in [2.45, 2.75) is 0 Å². The quantitative estimate of drug-likeness (QED) is 0.567. The first-order chi connectivity index (χ1) is 13.9.